The van der Waals surface area contributed by atoms with E-state index in [1.807, 2.05) is 24.1 Å². The molecule has 0 saturated carbocycles. The molecule has 1 unspecified atom stereocenters. The molecule has 0 aromatic heterocycles. The Labute approximate surface area is 127 Å². The molecule has 1 aromatic rings. The van der Waals surface area contributed by atoms with Gasteiger partial charge in [-0.05, 0) is 46.8 Å². The molecule has 0 aliphatic rings. The molecule has 0 heterocycles. The van der Waals surface area contributed by atoms with E-state index in [4.69, 9.17) is 0 Å². The first-order valence-electron chi connectivity index (χ1n) is 5.75. The Bertz CT molecular complexity index is 425. The van der Waals surface area contributed by atoms with Crippen molar-refractivity contribution in [2.24, 2.45) is 0 Å². The van der Waals surface area contributed by atoms with E-state index in [2.05, 4.69) is 41.7 Å². The van der Waals surface area contributed by atoms with E-state index in [0.717, 1.165) is 21.5 Å². The van der Waals surface area contributed by atoms with Crippen LogP contribution in [0.5, 0.6) is 0 Å². The van der Waals surface area contributed by atoms with Crippen LogP contribution < -0.4 is 0 Å². The second-order valence-electron chi connectivity index (χ2n) is 4.10. The number of benzene rings is 1. The second kappa shape index (κ2) is 7.46. The van der Waals surface area contributed by atoms with Crippen LogP contribution in [0.25, 0.3) is 0 Å². The van der Waals surface area contributed by atoms with E-state index in [9.17, 15) is 4.79 Å². The number of thioether (sulfide) groups is 1. The number of hydrogen-bond donors (Lipinski definition) is 1. The van der Waals surface area contributed by atoms with Crippen molar-refractivity contribution in [1.82, 2.24) is 4.90 Å². The smallest absolute Gasteiger partial charge is 0.255 e. The number of hydrogen-bond acceptors (Lipinski definition) is 3. The summed E-state index contributed by atoms with van der Waals surface area (Å²) in [4.78, 5) is 15.1. The van der Waals surface area contributed by atoms with Crippen molar-refractivity contribution in [2.75, 3.05) is 19.1 Å². The standard InChI is InChI=1S/C13H18BrNOS2/c1-4-9(8-18-3)15(2)13(16)11-7-10(17)5-6-12(11)14/h5-7,9,17H,4,8H2,1-3H3. The average molecular weight is 348 g/mol. The zero-order valence-electron chi connectivity index (χ0n) is 10.8. The molecule has 1 aromatic carbocycles. The molecule has 100 valence electrons. The molecule has 1 amide bonds. The molecular formula is C13H18BrNOS2. The normalized spacial score (nSPS) is 12.3. The summed E-state index contributed by atoms with van der Waals surface area (Å²) in [5.41, 5.74) is 0.671. The van der Waals surface area contributed by atoms with Crippen LogP contribution in [0.2, 0.25) is 0 Å². The van der Waals surface area contributed by atoms with Crippen LogP contribution in [0.15, 0.2) is 27.6 Å². The van der Waals surface area contributed by atoms with Crippen LogP contribution in [0.1, 0.15) is 23.7 Å². The van der Waals surface area contributed by atoms with Gasteiger partial charge in [-0.3, -0.25) is 4.79 Å². The van der Waals surface area contributed by atoms with Gasteiger partial charge >= 0.3 is 0 Å². The lowest BCUT2D eigenvalue weighted by molar-refractivity contribution is 0.0742. The van der Waals surface area contributed by atoms with Crippen molar-refractivity contribution >= 4 is 46.2 Å². The molecule has 0 radical (unpaired) electrons. The summed E-state index contributed by atoms with van der Waals surface area (Å²) < 4.78 is 0.816. The number of rotatable bonds is 5. The van der Waals surface area contributed by atoms with E-state index in [1.54, 1.807) is 17.8 Å². The first-order valence-corrected chi connectivity index (χ1v) is 8.39. The number of carbonyl (C=O) groups is 1. The number of halogens is 1. The molecule has 1 rings (SSSR count). The lowest BCUT2D eigenvalue weighted by Crippen LogP contribution is -2.38. The summed E-state index contributed by atoms with van der Waals surface area (Å²) in [5.74, 6) is 0.996. The van der Waals surface area contributed by atoms with Crippen LogP contribution in [-0.2, 0) is 0 Å². The molecule has 0 fully saturated rings. The molecule has 0 aliphatic heterocycles. The maximum atomic E-state index is 12.4. The predicted octanol–water partition coefficient (Wildman–Crippen LogP) is 3.95. The fourth-order valence-electron chi connectivity index (χ4n) is 1.73. The number of amides is 1. The summed E-state index contributed by atoms with van der Waals surface area (Å²) >= 11 is 9.47. The Hall–Kier alpha value is -0.130. The largest absolute Gasteiger partial charge is 0.338 e. The fourth-order valence-corrected chi connectivity index (χ4v) is 3.19. The maximum Gasteiger partial charge on any atom is 0.255 e. The Balaban J connectivity index is 2.95. The van der Waals surface area contributed by atoms with Gasteiger partial charge in [0.05, 0.1) is 5.56 Å². The van der Waals surface area contributed by atoms with Crippen molar-refractivity contribution in [3.8, 4) is 0 Å². The zero-order valence-corrected chi connectivity index (χ0v) is 14.1. The van der Waals surface area contributed by atoms with Crippen molar-refractivity contribution < 1.29 is 4.79 Å². The van der Waals surface area contributed by atoms with E-state index in [1.165, 1.54) is 0 Å². The van der Waals surface area contributed by atoms with Gasteiger partial charge < -0.3 is 4.90 Å². The quantitative estimate of drug-likeness (QED) is 0.813. The predicted molar refractivity (Wildman–Crippen MR) is 85.9 cm³/mol. The molecule has 0 saturated heterocycles. The van der Waals surface area contributed by atoms with Gasteiger partial charge in [0.2, 0.25) is 0 Å². The number of thiol groups is 1. The zero-order chi connectivity index (χ0) is 13.7. The summed E-state index contributed by atoms with van der Waals surface area (Å²) in [5, 5.41) is 0. The number of nitrogens with zero attached hydrogens (tertiary/aromatic N) is 1. The van der Waals surface area contributed by atoms with Crippen LogP contribution in [-0.4, -0.2) is 35.9 Å². The Morgan fingerprint density at radius 1 is 1.56 bits per heavy atom. The van der Waals surface area contributed by atoms with Crippen molar-refractivity contribution in [3.05, 3.63) is 28.2 Å². The molecule has 5 heteroatoms. The first kappa shape index (κ1) is 15.9. The third-order valence-corrected chi connectivity index (χ3v) is 4.57. The summed E-state index contributed by atoms with van der Waals surface area (Å²) in [6.07, 6.45) is 3.02. The van der Waals surface area contributed by atoms with E-state index in [0.29, 0.717) is 5.56 Å². The van der Waals surface area contributed by atoms with Crippen LogP contribution in [0.3, 0.4) is 0 Å². The molecule has 18 heavy (non-hydrogen) atoms. The van der Waals surface area contributed by atoms with Crippen molar-refractivity contribution in [2.45, 2.75) is 24.3 Å². The topological polar surface area (TPSA) is 20.3 Å². The fraction of sp³-hybridized carbons (Fsp3) is 0.462. The highest BCUT2D eigenvalue weighted by atomic mass is 79.9. The van der Waals surface area contributed by atoms with E-state index >= 15 is 0 Å². The van der Waals surface area contributed by atoms with Gasteiger partial charge in [0.15, 0.2) is 0 Å². The van der Waals surface area contributed by atoms with Crippen molar-refractivity contribution in [3.63, 3.8) is 0 Å². The molecule has 0 aliphatic carbocycles. The third-order valence-electron chi connectivity index (χ3n) is 2.88. The minimum atomic E-state index is 0.0404. The Morgan fingerprint density at radius 2 is 2.22 bits per heavy atom. The number of carbonyl (C=O) groups excluding carboxylic acids is 1. The van der Waals surface area contributed by atoms with Gasteiger partial charge in [0, 0.05) is 28.2 Å². The molecule has 0 bridgehead atoms. The first-order chi connectivity index (χ1) is 8.51. The lowest BCUT2D eigenvalue weighted by Gasteiger charge is -2.27. The molecule has 0 spiro atoms. The van der Waals surface area contributed by atoms with E-state index < -0.39 is 0 Å². The lowest BCUT2D eigenvalue weighted by atomic mass is 10.1. The summed E-state index contributed by atoms with van der Waals surface area (Å²) in [7, 11) is 1.87. The van der Waals surface area contributed by atoms with Gasteiger partial charge in [-0.1, -0.05) is 6.92 Å². The minimum absolute atomic E-state index is 0.0404. The highest BCUT2D eigenvalue weighted by molar-refractivity contribution is 9.10. The van der Waals surface area contributed by atoms with Gasteiger partial charge in [-0.15, -0.1) is 12.6 Å². The minimum Gasteiger partial charge on any atom is -0.338 e. The molecule has 1 atom stereocenters. The Morgan fingerprint density at radius 3 is 2.78 bits per heavy atom. The van der Waals surface area contributed by atoms with E-state index in [-0.39, 0.29) is 11.9 Å². The molecule has 0 N–H and O–H groups in total. The third kappa shape index (κ3) is 3.93. The summed E-state index contributed by atoms with van der Waals surface area (Å²) in [6, 6.07) is 5.79. The van der Waals surface area contributed by atoms with Crippen LogP contribution in [0.4, 0.5) is 0 Å². The Kier molecular flexibility index (Phi) is 6.60. The van der Waals surface area contributed by atoms with Gasteiger partial charge in [0.1, 0.15) is 0 Å². The van der Waals surface area contributed by atoms with Crippen LogP contribution in [0, 0.1) is 0 Å². The monoisotopic (exact) mass is 347 g/mol. The summed E-state index contributed by atoms with van der Waals surface area (Å²) in [6.45, 7) is 2.11. The van der Waals surface area contributed by atoms with Gasteiger partial charge in [-0.25, -0.2) is 0 Å². The SMILES string of the molecule is CCC(CSC)N(C)C(=O)c1cc(S)ccc1Br. The second-order valence-corrected chi connectivity index (χ2v) is 6.38. The van der Waals surface area contributed by atoms with Gasteiger partial charge in [-0.2, -0.15) is 11.8 Å². The highest BCUT2D eigenvalue weighted by Gasteiger charge is 2.21. The molecule has 2 nitrogen and oxygen atoms in total. The van der Waals surface area contributed by atoms with Gasteiger partial charge in [0.25, 0.3) is 5.91 Å². The average Bonchev–Trinajstić information content (AvgIpc) is 2.37. The van der Waals surface area contributed by atoms with Crippen LogP contribution >= 0.6 is 40.3 Å². The van der Waals surface area contributed by atoms with Crippen molar-refractivity contribution in [1.29, 1.82) is 0 Å². The highest BCUT2D eigenvalue weighted by Crippen LogP contribution is 2.23. The molecular weight excluding hydrogens is 330 g/mol. The maximum absolute atomic E-state index is 12.4.